The topological polar surface area (TPSA) is 76.2 Å². The molecule has 24 heavy (non-hydrogen) atoms. The fourth-order valence-corrected chi connectivity index (χ4v) is 3.64. The predicted molar refractivity (Wildman–Crippen MR) is 101 cm³/mol. The van der Waals surface area contributed by atoms with Gasteiger partial charge in [0.05, 0.1) is 17.4 Å². The number of amides is 1. The molecule has 6 nitrogen and oxygen atoms in total. The fraction of sp³-hybridized carbons (Fsp3) is 0.750. The van der Waals surface area contributed by atoms with Gasteiger partial charge in [0.1, 0.15) is 0 Å². The SMILES string of the molecule is Cl.Cl.Cn1cc(N2CCCC(NC(=O)C3(N)CCCCC3)C2)cn1. The van der Waals surface area contributed by atoms with E-state index in [9.17, 15) is 4.79 Å². The first-order valence-corrected chi connectivity index (χ1v) is 8.40. The number of hydrogen-bond acceptors (Lipinski definition) is 4. The highest BCUT2D eigenvalue weighted by molar-refractivity contribution is 5.86. The molecule has 0 bridgehead atoms. The number of aromatic nitrogens is 2. The minimum Gasteiger partial charge on any atom is -0.367 e. The third-order valence-electron chi connectivity index (χ3n) is 5.01. The van der Waals surface area contributed by atoms with Gasteiger partial charge in [-0.1, -0.05) is 19.3 Å². The lowest BCUT2D eigenvalue weighted by Crippen LogP contribution is -2.59. The molecule has 2 aliphatic rings. The zero-order chi connectivity index (χ0) is 15.6. The molecule has 0 spiro atoms. The maximum Gasteiger partial charge on any atom is 0.240 e. The van der Waals surface area contributed by atoms with E-state index in [1.165, 1.54) is 6.42 Å². The predicted octanol–water partition coefficient (Wildman–Crippen LogP) is 2.01. The third-order valence-corrected chi connectivity index (χ3v) is 5.01. The summed E-state index contributed by atoms with van der Waals surface area (Å²) in [7, 11) is 1.92. The zero-order valence-corrected chi connectivity index (χ0v) is 15.9. The molecule has 1 aliphatic carbocycles. The van der Waals surface area contributed by atoms with Crippen LogP contribution in [0.15, 0.2) is 12.4 Å². The lowest BCUT2D eigenvalue weighted by Gasteiger charge is -2.37. The second kappa shape index (κ2) is 8.92. The van der Waals surface area contributed by atoms with E-state index in [2.05, 4.69) is 15.3 Å². The van der Waals surface area contributed by atoms with Gasteiger partial charge in [-0.05, 0) is 25.7 Å². The molecule has 3 N–H and O–H groups in total. The maximum absolute atomic E-state index is 12.6. The van der Waals surface area contributed by atoms with Crippen molar-refractivity contribution in [1.29, 1.82) is 0 Å². The van der Waals surface area contributed by atoms with Crippen LogP contribution in [0.5, 0.6) is 0 Å². The highest BCUT2D eigenvalue weighted by Crippen LogP contribution is 2.27. The Hall–Kier alpha value is -0.980. The molecular formula is C16H29Cl2N5O. The highest BCUT2D eigenvalue weighted by atomic mass is 35.5. The van der Waals surface area contributed by atoms with E-state index in [4.69, 9.17) is 5.73 Å². The van der Waals surface area contributed by atoms with Gasteiger partial charge < -0.3 is 16.0 Å². The molecule has 0 radical (unpaired) electrons. The van der Waals surface area contributed by atoms with Gasteiger partial charge in [0.2, 0.25) is 5.91 Å². The van der Waals surface area contributed by atoms with Gasteiger partial charge in [-0.2, -0.15) is 5.10 Å². The third kappa shape index (κ3) is 4.77. The lowest BCUT2D eigenvalue weighted by atomic mass is 9.81. The first-order valence-electron chi connectivity index (χ1n) is 8.40. The van der Waals surface area contributed by atoms with E-state index in [-0.39, 0.29) is 36.8 Å². The lowest BCUT2D eigenvalue weighted by molar-refractivity contribution is -0.128. The Morgan fingerprint density at radius 3 is 2.62 bits per heavy atom. The summed E-state index contributed by atoms with van der Waals surface area (Å²) in [6, 6.07) is 0.184. The van der Waals surface area contributed by atoms with E-state index in [0.29, 0.717) is 0 Å². The van der Waals surface area contributed by atoms with Crippen molar-refractivity contribution in [2.75, 3.05) is 18.0 Å². The molecule has 1 saturated heterocycles. The summed E-state index contributed by atoms with van der Waals surface area (Å²) in [6.45, 7) is 1.86. The zero-order valence-electron chi connectivity index (χ0n) is 14.2. The molecule has 0 aromatic carbocycles. The van der Waals surface area contributed by atoms with E-state index in [0.717, 1.165) is 57.3 Å². The Morgan fingerprint density at radius 2 is 2.00 bits per heavy atom. The average molecular weight is 378 g/mol. The van der Waals surface area contributed by atoms with Crippen molar-refractivity contribution >= 4 is 36.4 Å². The maximum atomic E-state index is 12.6. The number of hydrogen-bond donors (Lipinski definition) is 2. The van der Waals surface area contributed by atoms with E-state index in [1.54, 1.807) is 0 Å². The molecule has 1 aromatic heterocycles. The summed E-state index contributed by atoms with van der Waals surface area (Å²) in [5.74, 6) is 0.0465. The first kappa shape index (κ1) is 21.1. The van der Waals surface area contributed by atoms with Crippen LogP contribution in [-0.2, 0) is 11.8 Å². The van der Waals surface area contributed by atoms with Gasteiger partial charge in [0, 0.05) is 32.4 Å². The number of anilines is 1. The van der Waals surface area contributed by atoms with Gasteiger partial charge >= 0.3 is 0 Å². The van der Waals surface area contributed by atoms with Crippen LogP contribution in [0.4, 0.5) is 5.69 Å². The molecule has 138 valence electrons. The van der Waals surface area contributed by atoms with Crippen molar-refractivity contribution in [1.82, 2.24) is 15.1 Å². The van der Waals surface area contributed by atoms with Crippen LogP contribution in [0.2, 0.25) is 0 Å². The van der Waals surface area contributed by atoms with Crippen molar-refractivity contribution in [3.63, 3.8) is 0 Å². The Morgan fingerprint density at radius 1 is 1.29 bits per heavy atom. The molecule has 1 unspecified atom stereocenters. The van der Waals surface area contributed by atoms with Crippen LogP contribution in [0.25, 0.3) is 0 Å². The minimum absolute atomic E-state index is 0. The number of nitrogens with two attached hydrogens (primary N) is 1. The molecule has 1 saturated carbocycles. The number of piperidine rings is 1. The van der Waals surface area contributed by atoms with Crippen molar-refractivity contribution in [3.05, 3.63) is 12.4 Å². The number of carbonyl (C=O) groups excluding carboxylic acids is 1. The number of nitrogens with zero attached hydrogens (tertiary/aromatic N) is 3. The molecule has 2 fully saturated rings. The van der Waals surface area contributed by atoms with Crippen molar-refractivity contribution in [2.45, 2.75) is 56.5 Å². The number of nitrogens with one attached hydrogen (secondary N) is 1. The van der Waals surface area contributed by atoms with Crippen LogP contribution < -0.4 is 16.0 Å². The van der Waals surface area contributed by atoms with Crippen LogP contribution in [0.3, 0.4) is 0 Å². The number of aryl methyl sites for hydroxylation is 1. The Kier molecular flexibility index (Phi) is 7.83. The quantitative estimate of drug-likeness (QED) is 0.844. The molecule has 1 aliphatic heterocycles. The molecule has 1 amide bonds. The summed E-state index contributed by atoms with van der Waals surface area (Å²) in [4.78, 5) is 14.9. The van der Waals surface area contributed by atoms with Gasteiger partial charge in [0.25, 0.3) is 0 Å². The summed E-state index contributed by atoms with van der Waals surface area (Å²) in [6.07, 6.45) is 11.0. The Bertz CT molecular complexity index is 530. The summed E-state index contributed by atoms with van der Waals surface area (Å²) < 4.78 is 1.81. The van der Waals surface area contributed by atoms with E-state index in [1.807, 2.05) is 24.1 Å². The van der Waals surface area contributed by atoms with Gasteiger partial charge in [0.15, 0.2) is 0 Å². The summed E-state index contributed by atoms with van der Waals surface area (Å²) >= 11 is 0. The number of carbonyl (C=O) groups is 1. The van der Waals surface area contributed by atoms with Crippen LogP contribution >= 0.6 is 24.8 Å². The van der Waals surface area contributed by atoms with Gasteiger partial charge in [-0.25, -0.2) is 0 Å². The van der Waals surface area contributed by atoms with Gasteiger partial charge in [-0.15, -0.1) is 24.8 Å². The van der Waals surface area contributed by atoms with E-state index < -0.39 is 5.54 Å². The van der Waals surface area contributed by atoms with E-state index >= 15 is 0 Å². The molecule has 3 rings (SSSR count). The number of halogens is 2. The summed E-state index contributed by atoms with van der Waals surface area (Å²) in [5, 5.41) is 7.43. The number of rotatable bonds is 3. The fourth-order valence-electron chi connectivity index (χ4n) is 3.64. The van der Waals surface area contributed by atoms with Crippen LogP contribution in [0, 0.1) is 0 Å². The van der Waals surface area contributed by atoms with Crippen molar-refractivity contribution in [2.24, 2.45) is 12.8 Å². The largest absolute Gasteiger partial charge is 0.367 e. The Labute approximate surface area is 156 Å². The second-order valence-electron chi connectivity index (χ2n) is 6.85. The van der Waals surface area contributed by atoms with Crippen molar-refractivity contribution < 1.29 is 4.79 Å². The smallest absolute Gasteiger partial charge is 0.240 e. The van der Waals surface area contributed by atoms with Crippen LogP contribution in [0.1, 0.15) is 44.9 Å². The summed E-state index contributed by atoms with van der Waals surface area (Å²) in [5.41, 5.74) is 6.81. The second-order valence-corrected chi connectivity index (χ2v) is 6.85. The molecule has 8 heteroatoms. The monoisotopic (exact) mass is 377 g/mol. The standard InChI is InChI=1S/C16H27N5O.2ClH/c1-20-12-14(10-18-20)21-9-5-6-13(11-21)19-15(22)16(17)7-3-2-4-8-16;;/h10,12-13H,2-9,11,17H2,1H3,(H,19,22);2*1H. The molecule has 1 atom stereocenters. The Balaban J connectivity index is 0.00000144. The normalized spacial score (nSPS) is 22.9. The van der Waals surface area contributed by atoms with Crippen molar-refractivity contribution in [3.8, 4) is 0 Å². The molecule has 1 aromatic rings. The van der Waals surface area contributed by atoms with Crippen LogP contribution in [-0.4, -0.2) is 40.4 Å². The molecular weight excluding hydrogens is 349 g/mol. The average Bonchev–Trinajstić information content (AvgIpc) is 2.95. The highest BCUT2D eigenvalue weighted by Gasteiger charge is 2.36. The van der Waals surface area contributed by atoms with Gasteiger partial charge in [-0.3, -0.25) is 9.48 Å². The molecule has 2 heterocycles. The first-order chi connectivity index (χ1) is 10.6. The minimum atomic E-state index is -0.644.